The summed E-state index contributed by atoms with van der Waals surface area (Å²) in [5, 5.41) is 17.5. The molecule has 0 aliphatic heterocycles. The highest BCUT2D eigenvalue weighted by Crippen LogP contribution is 2.12. The van der Waals surface area contributed by atoms with Gasteiger partial charge in [-0.05, 0) is 19.1 Å². The first-order valence-electron chi connectivity index (χ1n) is 5.50. The lowest BCUT2D eigenvalue weighted by atomic mass is 10.5. The first-order valence-corrected chi connectivity index (χ1v) is 5.50. The molecule has 3 heterocycles. The highest BCUT2D eigenvalue weighted by atomic mass is 16.2. The topological polar surface area (TPSA) is 92.9 Å². The van der Waals surface area contributed by atoms with Crippen LogP contribution < -0.4 is 11.0 Å². The number of fused-ring (bicyclic) bond motifs is 1. The van der Waals surface area contributed by atoms with Gasteiger partial charge in [0.25, 0.3) is 0 Å². The molecule has 3 aromatic rings. The van der Waals surface area contributed by atoms with Crippen molar-refractivity contribution in [3.63, 3.8) is 0 Å². The largest absolute Gasteiger partial charge is 0.364 e. The Morgan fingerprint density at radius 2 is 2.33 bits per heavy atom. The van der Waals surface area contributed by atoms with Gasteiger partial charge in [-0.3, -0.25) is 4.68 Å². The van der Waals surface area contributed by atoms with Crippen LogP contribution in [0.4, 0.5) is 11.5 Å². The minimum absolute atomic E-state index is 0.363. The maximum Gasteiger partial charge on any atom is 0.364 e. The van der Waals surface area contributed by atoms with E-state index in [0.717, 1.165) is 12.2 Å². The molecule has 0 saturated heterocycles. The third kappa shape index (κ3) is 1.73. The fourth-order valence-corrected chi connectivity index (χ4v) is 1.62. The average molecular weight is 245 g/mol. The second kappa shape index (κ2) is 3.99. The van der Waals surface area contributed by atoms with E-state index in [-0.39, 0.29) is 5.69 Å². The quantitative estimate of drug-likeness (QED) is 0.695. The molecule has 0 amide bonds. The summed E-state index contributed by atoms with van der Waals surface area (Å²) in [5.74, 6) is 0.557. The fourth-order valence-electron chi connectivity index (χ4n) is 1.62. The molecule has 92 valence electrons. The smallest absolute Gasteiger partial charge is 0.336 e. The zero-order valence-corrected chi connectivity index (χ0v) is 9.66. The van der Waals surface area contributed by atoms with Crippen LogP contribution in [0.3, 0.4) is 0 Å². The Bertz CT molecular complexity index is 738. The summed E-state index contributed by atoms with van der Waals surface area (Å²) in [4.78, 5) is 11.4. The van der Waals surface area contributed by atoms with Crippen molar-refractivity contribution in [2.45, 2.75) is 13.5 Å². The minimum Gasteiger partial charge on any atom is -0.336 e. The number of rotatable bonds is 3. The molecular formula is C10H11N7O. The van der Waals surface area contributed by atoms with Crippen molar-refractivity contribution in [1.29, 1.82) is 0 Å². The van der Waals surface area contributed by atoms with Crippen LogP contribution in [0.1, 0.15) is 6.92 Å². The van der Waals surface area contributed by atoms with Crippen molar-refractivity contribution in [1.82, 2.24) is 29.6 Å². The van der Waals surface area contributed by atoms with Crippen LogP contribution in [0.5, 0.6) is 0 Å². The molecular weight excluding hydrogens is 234 g/mol. The van der Waals surface area contributed by atoms with Crippen molar-refractivity contribution < 1.29 is 0 Å². The molecule has 3 aromatic heterocycles. The van der Waals surface area contributed by atoms with Gasteiger partial charge in [0.1, 0.15) is 0 Å². The van der Waals surface area contributed by atoms with Crippen LogP contribution in [0.25, 0.3) is 5.65 Å². The number of hydrogen-bond acceptors (Lipinski definition) is 5. The van der Waals surface area contributed by atoms with E-state index in [9.17, 15) is 4.79 Å². The van der Waals surface area contributed by atoms with E-state index in [0.29, 0.717) is 11.5 Å². The molecule has 8 heteroatoms. The van der Waals surface area contributed by atoms with Gasteiger partial charge in [-0.2, -0.15) is 14.7 Å². The lowest BCUT2D eigenvalue weighted by Crippen LogP contribution is -2.13. The molecule has 3 rings (SSSR count). The first kappa shape index (κ1) is 10.5. The summed E-state index contributed by atoms with van der Waals surface area (Å²) in [5.41, 5.74) is 0.938. The second-order valence-electron chi connectivity index (χ2n) is 3.73. The van der Waals surface area contributed by atoms with Gasteiger partial charge in [-0.15, -0.1) is 5.10 Å². The summed E-state index contributed by atoms with van der Waals surface area (Å²) >= 11 is 0. The average Bonchev–Trinajstić information content (AvgIpc) is 2.97. The monoisotopic (exact) mass is 245 g/mol. The molecule has 2 N–H and O–H groups in total. The van der Waals surface area contributed by atoms with Gasteiger partial charge in [-0.25, -0.2) is 9.89 Å². The van der Waals surface area contributed by atoms with E-state index in [2.05, 4.69) is 25.7 Å². The fraction of sp³-hybridized carbons (Fsp3) is 0.200. The highest BCUT2D eigenvalue weighted by Gasteiger charge is 2.04. The van der Waals surface area contributed by atoms with Gasteiger partial charge in [-0.1, -0.05) is 0 Å². The molecule has 0 aliphatic rings. The molecule has 0 atom stereocenters. The molecule has 0 unspecified atom stereocenters. The normalized spacial score (nSPS) is 10.9. The number of aryl methyl sites for hydroxylation is 1. The third-order valence-electron chi connectivity index (χ3n) is 2.50. The molecule has 0 bridgehead atoms. The Balaban J connectivity index is 1.94. The van der Waals surface area contributed by atoms with Crippen LogP contribution in [-0.4, -0.2) is 29.6 Å². The van der Waals surface area contributed by atoms with Crippen LogP contribution >= 0.6 is 0 Å². The number of hydrogen-bond donors (Lipinski definition) is 2. The predicted octanol–water partition coefficient (Wildman–Crippen LogP) is 0.378. The number of aromatic amines is 1. The Kier molecular flexibility index (Phi) is 2.33. The van der Waals surface area contributed by atoms with Crippen molar-refractivity contribution in [2.24, 2.45) is 0 Å². The Morgan fingerprint density at radius 1 is 1.44 bits per heavy atom. The number of nitrogens with zero attached hydrogens (tertiary/aromatic N) is 5. The molecule has 0 radical (unpaired) electrons. The Hall–Kier alpha value is -2.64. The molecule has 18 heavy (non-hydrogen) atoms. The van der Waals surface area contributed by atoms with E-state index in [1.54, 1.807) is 23.0 Å². The molecule has 0 fully saturated rings. The minimum atomic E-state index is -0.363. The van der Waals surface area contributed by atoms with E-state index in [1.807, 2.05) is 13.1 Å². The van der Waals surface area contributed by atoms with Crippen LogP contribution in [0, 0.1) is 0 Å². The maximum absolute atomic E-state index is 11.4. The maximum atomic E-state index is 11.4. The first-order chi connectivity index (χ1) is 8.76. The molecule has 0 aliphatic carbocycles. The zero-order valence-electron chi connectivity index (χ0n) is 9.66. The summed E-state index contributed by atoms with van der Waals surface area (Å²) in [7, 11) is 0. The van der Waals surface area contributed by atoms with Crippen LogP contribution in [0.15, 0.2) is 29.3 Å². The summed E-state index contributed by atoms with van der Waals surface area (Å²) < 4.78 is 3.00. The number of aromatic nitrogens is 6. The van der Waals surface area contributed by atoms with Gasteiger partial charge in [0.15, 0.2) is 11.5 Å². The zero-order chi connectivity index (χ0) is 12.5. The van der Waals surface area contributed by atoms with Crippen LogP contribution in [0.2, 0.25) is 0 Å². The van der Waals surface area contributed by atoms with Crippen molar-refractivity contribution >= 4 is 17.2 Å². The van der Waals surface area contributed by atoms with Crippen molar-refractivity contribution in [3.8, 4) is 0 Å². The molecule has 0 aromatic carbocycles. The molecule has 8 nitrogen and oxygen atoms in total. The molecule has 0 saturated carbocycles. The molecule has 0 spiro atoms. The van der Waals surface area contributed by atoms with E-state index in [4.69, 9.17) is 0 Å². The highest BCUT2D eigenvalue weighted by molar-refractivity contribution is 5.55. The summed E-state index contributed by atoms with van der Waals surface area (Å²) in [6.45, 7) is 2.81. The van der Waals surface area contributed by atoms with Gasteiger partial charge >= 0.3 is 5.69 Å². The van der Waals surface area contributed by atoms with Crippen LogP contribution in [-0.2, 0) is 6.54 Å². The Labute approximate surface area is 101 Å². The van der Waals surface area contributed by atoms with E-state index in [1.165, 1.54) is 4.52 Å². The van der Waals surface area contributed by atoms with E-state index < -0.39 is 0 Å². The second-order valence-corrected chi connectivity index (χ2v) is 3.73. The Morgan fingerprint density at radius 3 is 3.11 bits per heavy atom. The summed E-state index contributed by atoms with van der Waals surface area (Å²) in [6, 6.07) is 3.45. The number of nitrogens with one attached hydrogen (secondary N) is 2. The summed E-state index contributed by atoms with van der Waals surface area (Å²) in [6.07, 6.45) is 3.57. The SMILES string of the molecule is CCn1cc(Nc2ccc3n[nH]c(=O)n3n2)cn1. The number of H-pyrrole nitrogens is 1. The van der Waals surface area contributed by atoms with Gasteiger partial charge in [0.2, 0.25) is 0 Å². The standard InChI is InChI=1S/C10H11N7O/c1-2-16-6-7(5-11-16)12-8-3-4-9-13-14-10(18)17(9)15-8/h3-6H,2H2,1H3,(H,12,15)(H,14,18). The van der Waals surface area contributed by atoms with Crippen molar-refractivity contribution in [2.75, 3.05) is 5.32 Å². The van der Waals surface area contributed by atoms with Gasteiger partial charge in [0, 0.05) is 12.7 Å². The third-order valence-corrected chi connectivity index (χ3v) is 2.50. The lowest BCUT2D eigenvalue weighted by Gasteiger charge is -2.01. The van der Waals surface area contributed by atoms with Gasteiger partial charge < -0.3 is 5.32 Å². The number of anilines is 2. The predicted molar refractivity (Wildman–Crippen MR) is 64.8 cm³/mol. The van der Waals surface area contributed by atoms with Crippen molar-refractivity contribution in [3.05, 3.63) is 35.0 Å². The van der Waals surface area contributed by atoms with E-state index >= 15 is 0 Å². The van der Waals surface area contributed by atoms with Gasteiger partial charge in [0.05, 0.1) is 11.9 Å². The lowest BCUT2D eigenvalue weighted by molar-refractivity contribution is 0.660.